The molecule has 0 saturated carbocycles. The summed E-state index contributed by atoms with van der Waals surface area (Å²) >= 11 is 19.8. The molecule has 0 fully saturated rings. The molecule has 0 aliphatic carbocycles. The van der Waals surface area contributed by atoms with E-state index in [0.717, 1.165) is 44.5 Å². The molecule has 0 atom stereocenters. The Bertz CT molecular complexity index is 1420. The summed E-state index contributed by atoms with van der Waals surface area (Å²) in [6.07, 6.45) is 0. The quantitative estimate of drug-likeness (QED) is 0.243. The first kappa shape index (κ1) is 18.1. The van der Waals surface area contributed by atoms with Crippen LogP contribution in [0.4, 0.5) is 17.1 Å². The van der Waals surface area contributed by atoms with Crippen LogP contribution in [-0.2, 0) is 11.8 Å². The minimum absolute atomic E-state index is 0.592. The van der Waals surface area contributed by atoms with E-state index in [1.54, 1.807) is 0 Å². The third kappa shape index (κ3) is 2.23. The lowest BCUT2D eigenvalue weighted by Gasteiger charge is -2.45. The van der Waals surface area contributed by atoms with Crippen LogP contribution in [0, 0.1) is 0 Å². The van der Waals surface area contributed by atoms with Crippen molar-refractivity contribution in [3.05, 3.63) is 82.8 Å². The molecule has 3 nitrogen and oxygen atoms in total. The van der Waals surface area contributed by atoms with Crippen molar-refractivity contribution in [2.24, 2.45) is 0 Å². The van der Waals surface area contributed by atoms with Crippen molar-refractivity contribution in [3.8, 4) is 23.0 Å². The van der Waals surface area contributed by atoms with Gasteiger partial charge in [-0.25, -0.2) is 0 Å². The SMILES string of the molecule is S=P12c3c4cccc3Oc3cc(Cl)cc(c31)N(c1ccccc1)c1cc(Cl)cc(c12)O4. The number of para-hydroxylation sites is 1. The van der Waals surface area contributed by atoms with Gasteiger partial charge in [-0.2, -0.15) is 0 Å². The molecular formula is C24H12Cl2NO2PS. The van der Waals surface area contributed by atoms with E-state index in [1.807, 2.05) is 60.7 Å². The van der Waals surface area contributed by atoms with Crippen molar-refractivity contribution >= 4 is 74.0 Å². The number of ether oxygens (including phenoxy) is 2. The molecule has 3 heterocycles. The monoisotopic (exact) mass is 479 g/mol. The molecule has 3 aliphatic heterocycles. The molecule has 0 radical (unpaired) electrons. The Morgan fingerprint density at radius 1 is 0.645 bits per heavy atom. The van der Waals surface area contributed by atoms with Crippen LogP contribution in [0.1, 0.15) is 0 Å². The second-order valence-electron chi connectivity index (χ2n) is 7.63. The number of hydrogen-bond donors (Lipinski definition) is 0. The molecule has 0 bridgehead atoms. The molecule has 7 rings (SSSR count). The fraction of sp³-hybridized carbons (Fsp3) is 0. The highest BCUT2D eigenvalue weighted by Gasteiger charge is 2.49. The van der Waals surface area contributed by atoms with Gasteiger partial charge in [0, 0.05) is 27.9 Å². The van der Waals surface area contributed by atoms with E-state index in [1.165, 1.54) is 0 Å². The first-order chi connectivity index (χ1) is 15.1. The van der Waals surface area contributed by atoms with Crippen LogP contribution in [0.5, 0.6) is 23.0 Å². The average Bonchev–Trinajstić information content (AvgIpc) is 2.73. The number of halogens is 2. The zero-order valence-electron chi connectivity index (χ0n) is 15.8. The Morgan fingerprint density at radius 2 is 1.19 bits per heavy atom. The molecular weight excluding hydrogens is 468 g/mol. The Labute approximate surface area is 193 Å². The van der Waals surface area contributed by atoms with Gasteiger partial charge in [-0.1, -0.05) is 59.3 Å². The molecule has 0 spiro atoms. The number of benzene rings is 4. The molecule has 0 amide bonds. The Balaban J connectivity index is 1.70. The second kappa shape index (κ2) is 6.05. The first-order valence-electron chi connectivity index (χ1n) is 9.68. The van der Waals surface area contributed by atoms with Gasteiger partial charge in [0.25, 0.3) is 0 Å². The third-order valence-electron chi connectivity index (χ3n) is 5.88. The van der Waals surface area contributed by atoms with Gasteiger partial charge < -0.3 is 14.4 Å². The molecule has 0 saturated heterocycles. The average molecular weight is 480 g/mol. The van der Waals surface area contributed by atoms with Gasteiger partial charge in [0.1, 0.15) is 23.0 Å². The maximum absolute atomic E-state index is 6.61. The van der Waals surface area contributed by atoms with Gasteiger partial charge in [0.2, 0.25) is 0 Å². The van der Waals surface area contributed by atoms with Crippen molar-refractivity contribution in [2.45, 2.75) is 0 Å². The molecule has 4 aromatic rings. The largest absolute Gasteiger partial charge is 0.456 e. The van der Waals surface area contributed by atoms with Gasteiger partial charge in [-0.15, -0.1) is 0 Å². The number of hydrogen-bond acceptors (Lipinski definition) is 4. The van der Waals surface area contributed by atoms with E-state index < -0.39 is 6.04 Å². The molecule has 31 heavy (non-hydrogen) atoms. The lowest BCUT2D eigenvalue weighted by atomic mass is 10.1. The lowest BCUT2D eigenvalue weighted by Crippen LogP contribution is -2.42. The predicted molar refractivity (Wildman–Crippen MR) is 131 cm³/mol. The number of rotatable bonds is 1. The predicted octanol–water partition coefficient (Wildman–Crippen LogP) is 6.74. The van der Waals surface area contributed by atoms with Crippen molar-refractivity contribution in [2.75, 3.05) is 4.90 Å². The topological polar surface area (TPSA) is 21.7 Å². The third-order valence-corrected chi connectivity index (χ3v) is 11.2. The van der Waals surface area contributed by atoms with Crippen LogP contribution < -0.4 is 30.3 Å². The minimum Gasteiger partial charge on any atom is -0.456 e. The van der Waals surface area contributed by atoms with Crippen LogP contribution in [0.3, 0.4) is 0 Å². The van der Waals surface area contributed by atoms with E-state index in [-0.39, 0.29) is 0 Å². The summed E-state index contributed by atoms with van der Waals surface area (Å²) in [4.78, 5) is 2.16. The maximum atomic E-state index is 6.61. The maximum Gasteiger partial charge on any atom is 0.140 e. The zero-order valence-corrected chi connectivity index (χ0v) is 19.0. The Morgan fingerprint density at radius 3 is 1.74 bits per heavy atom. The van der Waals surface area contributed by atoms with E-state index in [2.05, 4.69) is 17.0 Å². The van der Waals surface area contributed by atoms with Crippen LogP contribution in [-0.4, -0.2) is 0 Å². The zero-order chi connectivity index (χ0) is 20.9. The Hall–Kier alpha value is -2.49. The summed E-state index contributed by atoms with van der Waals surface area (Å²) in [5, 5.41) is 4.17. The first-order valence-corrected chi connectivity index (χ1v) is 13.2. The van der Waals surface area contributed by atoms with Gasteiger partial charge in [0.05, 0.1) is 33.3 Å². The van der Waals surface area contributed by atoms with Crippen LogP contribution in [0.25, 0.3) is 0 Å². The van der Waals surface area contributed by atoms with Crippen LogP contribution in [0.2, 0.25) is 10.0 Å². The standard InChI is InChI=1S/C24H12Cl2NO2PS/c25-13-9-16-22-20(11-13)28-18-7-4-8-19-24(18)30(22,31)23-17(10-14(26)12-21(23)29-19)27(16)15-5-2-1-3-6-15/h1-12H. The summed E-state index contributed by atoms with van der Waals surface area (Å²) in [7, 11) is 0. The van der Waals surface area contributed by atoms with Crippen LogP contribution >= 0.6 is 29.2 Å². The number of nitrogens with zero attached hydrogens (tertiary/aromatic N) is 1. The van der Waals surface area contributed by atoms with E-state index >= 15 is 0 Å². The summed E-state index contributed by atoms with van der Waals surface area (Å²) < 4.78 is 12.7. The molecule has 7 heteroatoms. The van der Waals surface area contributed by atoms with Gasteiger partial charge >= 0.3 is 0 Å². The van der Waals surface area contributed by atoms with Crippen LogP contribution in [0.15, 0.2) is 72.8 Å². The van der Waals surface area contributed by atoms with Gasteiger partial charge in [-0.05, 0) is 36.4 Å². The highest BCUT2D eigenvalue weighted by atomic mass is 35.5. The normalized spacial score (nSPS) is 15.6. The Kier molecular flexibility index (Phi) is 3.54. The van der Waals surface area contributed by atoms with E-state index in [9.17, 15) is 0 Å². The lowest BCUT2D eigenvalue weighted by molar-refractivity contribution is 0.466. The smallest absolute Gasteiger partial charge is 0.140 e. The highest BCUT2D eigenvalue weighted by molar-refractivity contribution is 8.26. The molecule has 0 unspecified atom stereocenters. The fourth-order valence-corrected chi connectivity index (χ4v) is 10.2. The number of anilines is 3. The summed E-state index contributed by atoms with van der Waals surface area (Å²) in [5.41, 5.74) is 2.85. The fourth-order valence-electron chi connectivity index (χ4n) is 4.79. The van der Waals surface area contributed by atoms with Crippen molar-refractivity contribution in [3.63, 3.8) is 0 Å². The van der Waals surface area contributed by atoms with Crippen molar-refractivity contribution in [1.29, 1.82) is 0 Å². The summed E-state index contributed by atoms with van der Waals surface area (Å²) in [6.45, 7) is 0. The van der Waals surface area contributed by atoms with Gasteiger partial charge in [0.15, 0.2) is 0 Å². The second-order valence-corrected chi connectivity index (χ2v) is 12.7. The van der Waals surface area contributed by atoms with E-state index in [4.69, 9.17) is 44.5 Å². The van der Waals surface area contributed by atoms with Crippen molar-refractivity contribution < 1.29 is 9.47 Å². The molecule has 0 aromatic heterocycles. The summed E-state index contributed by atoms with van der Waals surface area (Å²) in [6, 6.07) is 21.2. The summed E-state index contributed by atoms with van der Waals surface area (Å²) in [5.74, 6) is 2.90. The van der Waals surface area contributed by atoms with Gasteiger partial charge in [-0.3, -0.25) is 0 Å². The minimum atomic E-state index is -2.46. The molecule has 3 aliphatic rings. The van der Waals surface area contributed by atoms with Crippen molar-refractivity contribution in [1.82, 2.24) is 0 Å². The molecule has 0 N–H and O–H groups in total. The molecule has 150 valence electrons. The van der Waals surface area contributed by atoms with E-state index in [0.29, 0.717) is 21.5 Å². The molecule has 4 aromatic carbocycles. The highest BCUT2D eigenvalue weighted by Crippen LogP contribution is 2.65.